The summed E-state index contributed by atoms with van der Waals surface area (Å²) in [5.74, 6) is -2.26. The number of nitrogens with zero attached hydrogens (tertiary/aromatic N) is 2. The fraction of sp³-hybridized carbons (Fsp3) is 0.0833. The number of carbonyl (C=O) groups excluding carboxylic acids is 1. The van der Waals surface area contributed by atoms with Gasteiger partial charge in [-0.3, -0.25) is 9.48 Å². The number of carbonyl (C=O) groups is 1. The predicted octanol–water partition coefficient (Wildman–Crippen LogP) is 6.60. The van der Waals surface area contributed by atoms with Crippen molar-refractivity contribution in [3.8, 4) is 5.75 Å². The molecule has 1 aromatic heterocycles. The summed E-state index contributed by atoms with van der Waals surface area (Å²) in [6.07, 6.45) is 1.60. The van der Waals surface area contributed by atoms with E-state index < -0.39 is 23.4 Å². The number of amides is 1. The van der Waals surface area contributed by atoms with Crippen LogP contribution in [0.3, 0.4) is 0 Å². The van der Waals surface area contributed by atoms with E-state index in [0.717, 1.165) is 12.1 Å². The Hall–Kier alpha value is -3.30. The van der Waals surface area contributed by atoms with Crippen LogP contribution in [-0.2, 0) is 13.2 Å². The number of halogens is 5. The molecule has 1 heterocycles. The van der Waals surface area contributed by atoms with Gasteiger partial charge in [-0.1, -0.05) is 29.8 Å². The standard InChI is InChI=1S/C24H16BrClF3N3O2/c25-18-12-32(11-17-19(26)5-2-6-20(17)28)31-23(18)30-24(33)15-4-1-3-14(9-15)13-34-22-8-7-16(27)10-21(22)29/h1-10,12H,11,13H2,(H,30,31,33). The maximum atomic E-state index is 14.1. The monoisotopic (exact) mass is 549 g/mol. The number of ether oxygens (including phenoxy) is 1. The molecule has 0 bridgehead atoms. The van der Waals surface area contributed by atoms with Crippen LogP contribution >= 0.6 is 27.5 Å². The molecule has 10 heteroatoms. The number of benzene rings is 3. The summed E-state index contributed by atoms with van der Waals surface area (Å²) in [5.41, 5.74) is 1.21. The average Bonchev–Trinajstić information content (AvgIpc) is 3.14. The second kappa shape index (κ2) is 10.3. The fourth-order valence-electron chi connectivity index (χ4n) is 3.14. The summed E-state index contributed by atoms with van der Waals surface area (Å²) in [4.78, 5) is 12.8. The first-order chi connectivity index (χ1) is 16.3. The van der Waals surface area contributed by atoms with Gasteiger partial charge < -0.3 is 10.1 Å². The van der Waals surface area contributed by atoms with Crippen molar-refractivity contribution in [3.05, 3.63) is 110 Å². The Kier molecular flexibility index (Phi) is 7.23. The zero-order valence-electron chi connectivity index (χ0n) is 17.4. The molecular formula is C24H16BrClF3N3O2. The molecule has 0 aliphatic rings. The third-order valence-corrected chi connectivity index (χ3v) is 5.74. The molecular weight excluding hydrogens is 535 g/mol. The van der Waals surface area contributed by atoms with E-state index in [1.807, 2.05) is 0 Å². The van der Waals surface area contributed by atoms with Gasteiger partial charge in [0.2, 0.25) is 0 Å². The van der Waals surface area contributed by atoms with Gasteiger partial charge in [0.05, 0.1) is 11.0 Å². The van der Waals surface area contributed by atoms with Crippen LogP contribution in [0.1, 0.15) is 21.5 Å². The molecule has 0 aliphatic carbocycles. The van der Waals surface area contributed by atoms with E-state index in [4.69, 9.17) is 16.3 Å². The minimum absolute atomic E-state index is 0.0224. The summed E-state index contributed by atoms with van der Waals surface area (Å²) >= 11 is 9.41. The molecule has 0 fully saturated rings. The molecule has 4 aromatic rings. The number of anilines is 1. The molecule has 5 nitrogen and oxygen atoms in total. The molecule has 0 saturated carbocycles. The highest BCUT2D eigenvalue weighted by Gasteiger charge is 2.15. The Morgan fingerprint density at radius 3 is 2.62 bits per heavy atom. The minimum atomic E-state index is -0.814. The fourth-order valence-corrected chi connectivity index (χ4v) is 3.78. The molecule has 0 aliphatic heterocycles. The summed E-state index contributed by atoms with van der Waals surface area (Å²) in [6.45, 7) is 0.0537. The van der Waals surface area contributed by atoms with Crippen LogP contribution in [0.5, 0.6) is 5.75 Å². The van der Waals surface area contributed by atoms with Crippen molar-refractivity contribution in [1.29, 1.82) is 0 Å². The lowest BCUT2D eigenvalue weighted by Gasteiger charge is -2.09. The van der Waals surface area contributed by atoms with Crippen molar-refractivity contribution >= 4 is 39.3 Å². The smallest absolute Gasteiger partial charge is 0.256 e. The highest BCUT2D eigenvalue weighted by atomic mass is 79.9. The van der Waals surface area contributed by atoms with Crippen molar-refractivity contribution < 1.29 is 22.7 Å². The maximum absolute atomic E-state index is 14.1. The first kappa shape index (κ1) is 23.8. The second-order valence-electron chi connectivity index (χ2n) is 7.24. The first-order valence-corrected chi connectivity index (χ1v) is 11.1. The average molecular weight is 551 g/mol. The highest BCUT2D eigenvalue weighted by Crippen LogP contribution is 2.25. The van der Waals surface area contributed by atoms with E-state index in [1.54, 1.807) is 36.5 Å². The Balaban J connectivity index is 1.44. The van der Waals surface area contributed by atoms with E-state index in [9.17, 15) is 18.0 Å². The molecule has 34 heavy (non-hydrogen) atoms. The lowest BCUT2D eigenvalue weighted by atomic mass is 10.1. The first-order valence-electron chi connectivity index (χ1n) is 9.94. The Morgan fingerprint density at radius 1 is 1.06 bits per heavy atom. The van der Waals surface area contributed by atoms with Gasteiger partial charge in [0, 0.05) is 28.4 Å². The van der Waals surface area contributed by atoms with Crippen LogP contribution in [0.25, 0.3) is 0 Å². The maximum Gasteiger partial charge on any atom is 0.256 e. The summed E-state index contributed by atoms with van der Waals surface area (Å²) < 4.78 is 48.2. The van der Waals surface area contributed by atoms with Gasteiger partial charge in [-0.15, -0.1) is 0 Å². The lowest BCUT2D eigenvalue weighted by molar-refractivity contribution is 0.102. The zero-order chi connectivity index (χ0) is 24.2. The van der Waals surface area contributed by atoms with Gasteiger partial charge in [0.25, 0.3) is 5.91 Å². The van der Waals surface area contributed by atoms with Crippen LogP contribution in [0.15, 0.2) is 71.3 Å². The van der Waals surface area contributed by atoms with E-state index in [1.165, 1.54) is 22.9 Å². The molecule has 0 radical (unpaired) electrons. The normalized spacial score (nSPS) is 10.9. The molecule has 0 spiro atoms. The van der Waals surface area contributed by atoms with Gasteiger partial charge in [0.15, 0.2) is 17.4 Å². The van der Waals surface area contributed by atoms with E-state index in [0.29, 0.717) is 15.6 Å². The van der Waals surface area contributed by atoms with Crippen LogP contribution in [0.2, 0.25) is 5.02 Å². The molecule has 1 N–H and O–H groups in total. The number of aromatic nitrogens is 2. The Labute approximate surface area is 206 Å². The lowest BCUT2D eigenvalue weighted by Crippen LogP contribution is -2.14. The topological polar surface area (TPSA) is 56.2 Å². The SMILES string of the molecule is O=C(Nc1nn(Cc2c(F)cccc2Cl)cc1Br)c1cccc(COc2ccc(F)cc2F)c1. The van der Waals surface area contributed by atoms with Crippen LogP contribution in [0, 0.1) is 17.5 Å². The molecule has 3 aromatic carbocycles. The summed E-state index contributed by atoms with van der Waals surface area (Å²) in [7, 11) is 0. The second-order valence-corrected chi connectivity index (χ2v) is 8.50. The van der Waals surface area contributed by atoms with Gasteiger partial charge in [-0.25, -0.2) is 13.2 Å². The Morgan fingerprint density at radius 2 is 1.85 bits per heavy atom. The quantitative estimate of drug-likeness (QED) is 0.282. The number of nitrogens with one attached hydrogen (secondary N) is 1. The summed E-state index contributed by atoms with van der Waals surface area (Å²) in [5, 5.41) is 7.25. The van der Waals surface area contributed by atoms with Crippen LogP contribution in [-0.4, -0.2) is 15.7 Å². The van der Waals surface area contributed by atoms with Gasteiger partial charge in [0.1, 0.15) is 18.2 Å². The van der Waals surface area contributed by atoms with Crippen molar-refractivity contribution in [2.75, 3.05) is 5.32 Å². The molecule has 174 valence electrons. The highest BCUT2D eigenvalue weighted by molar-refractivity contribution is 9.10. The predicted molar refractivity (Wildman–Crippen MR) is 126 cm³/mol. The van der Waals surface area contributed by atoms with E-state index in [-0.39, 0.29) is 35.3 Å². The third-order valence-electron chi connectivity index (χ3n) is 4.81. The van der Waals surface area contributed by atoms with E-state index in [2.05, 4.69) is 26.3 Å². The zero-order valence-corrected chi connectivity index (χ0v) is 19.7. The third kappa shape index (κ3) is 5.60. The molecule has 4 rings (SSSR count). The van der Waals surface area contributed by atoms with Crippen LogP contribution < -0.4 is 10.1 Å². The Bertz CT molecular complexity index is 1340. The number of rotatable bonds is 7. The summed E-state index contributed by atoms with van der Waals surface area (Å²) in [6, 6.07) is 14.0. The molecule has 0 saturated heterocycles. The van der Waals surface area contributed by atoms with Crippen molar-refractivity contribution in [2.24, 2.45) is 0 Å². The molecule has 0 unspecified atom stereocenters. The van der Waals surface area contributed by atoms with Crippen molar-refractivity contribution in [3.63, 3.8) is 0 Å². The van der Waals surface area contributed by atoms with Crippen LogP contribution in [0.4, 0.5) is 19.0 Å². The van der Waals surface area contributed by atoms with Crippen molar-refractivity contribution in [2.45, 2.75) is 13.2 Å². The largest absolute Gasteiger partial charge is 0.486 e. The van der Waals surface area contributed by atoms with Gasteiger partial charge in [-0.2, -0.15) is 5.10 Å². The van der Waals surface area contributed by atoms with Gasteiger partial charge in [-0.05, 0) is 57.9 Å². The van der Waals surface area contributed by atoms with Crippen molar-refractivity contribution in [1.82, 2.24) is 9.78 Å². The molecule has 1 amide bonds. The molecule has 0 atom stereocenters. The van der Waals surface area contributed by atoms with Gasteiger partial charge >= 0.3 is 0 Å². The van der Waals surface area contributed by atoms with E-state index >= 15 is 0 Å². The minimum Gasteiger partial charge on any atom is -0.486 e. The number of hydrogen-bond acceptors (Lipinski definition) is 3. The number of hydrogen-bond donors (Lipinski definition) is 1.